The molecule has 1 aromatic carbocycles. The topological polar surface area (TPSA) is 75.3 Å². The molecule has 0 amide bonds. The van der Waals surface area contributed by atoms with Gasteiger partial charge in [-0.3, -0.25) is 0 Å². The number of rotatable bonds is 0. The maximum Gasteiger partial charge on any atom is 0.138 e. The van der Waals surface area contributed by atoms with Crippen molar-refractivity contribution < 1.29 is 4.42 Å². The van der Waals surface area contributed by atoms with Gasteiger partial charge in [-0.25, -0.2) is 0 Å². The third-order valence-electron chi connectivity index (χ3n) is 2.94. The maximum atomic E-state index is 9.36. The Bertz CT molecular complexity index is 861. The summed E-state index contributed by atoms with van der Waals surface area (Å²) in [7, 11) is 0. The first-order valence-corrected chi connectivity index (χ1v) is 5.88. The standard InChI is InChI=1S/C14H8ClN3O/c15-18-9-2-4-11-12(7-16)10-3-1-8(17)5-13(10)19-14(11)6-9/h1-6H,17H2. The summed E-state index contributed by atoms with van der Waals surface area (Å²) in [6.45, 7) is 0. The fraction of sp³-hybridized carbons (Fsp3) is 0. The molecule has 0 saturated carbocycles. The van der Waals surface area contributed by atoms with Crippen LogP contribution in [0.15, 0.2) is 45.3 Å². The molecule has 0 unspecified atom stereocenters. The Morgan fingerprint density at radius 2 is 2.05 bits per heavy atom. The van der Waals surface area contributed by atoms with Crippen molar-refractivity contribution in [1.29, 1.82) is 5.26 Å². The SMILES string of the molecule is N#Cc1c2ccc(=NCl)cc-2oc2cc(N)ccc12. The van der Waals surface area contributed by atoms with E-state index in [0.29, 0.717) is 28.0 Å². The molecule has 2 aliphatic rings. The first-order valence-electron chi connectivity index (χ1n) is 5.54. The zero-order chi connectivity index (χ0) is 13.4. The number of hydrogen-bond acceptors (Lipinski definition) is 4. The lowest BCUT2D eigenvalue weighted by Crippen LogP contribution is -2.01. The summed E-state index contributed by atoms with van der Waals surface area (Å²) in [5.74, 6) is 0.552. The fourth-order valence-electron chi connectivity index (χ4n) is 2.07. The number of hydrogen-bond donors (Lipinski definition) is 1. The van der Waals surface area contributed by atoms with E-state index in [-0.39, 0.29) is 0 Å². The van der Waals surface area contributed by atoms with Gasteiger partial charge < -0.3 is 10.2 Å². The van der Waals surface area contributed by atoms with Crippen molar-refractivity contribution in [3.63, 3.8) is 0 Å². The molecule has 5 heteroatoms. The largest absolute Gasteiger partial charge is 0.456 e. The van der Waals surface area contributed by atoms with Crippen LogP contribution in [0.3, 0.4) is 0 Å². The minimum atomic E-state index is 0.552. The molecule has 0 saturated heterocycles. The third kappa shape index (κ3) is 1.81. The minimum absolute atomic E-state index is 0.552. The molecule has 0 atom stereocenters. The number of fused-ring (bicyclic) bond motifs is 2. The van der Waals surface area contributed by atoms with Crippen LogP contribution in [0.5, 0.6) is 0 Å². The number of nitriles is 1. The normalized spacial score (nSPS) is 11.9. The molecule has 0 aromatic heterocycles. The summed E-state index contributed by atoms with van der Waals surface area (Å²) in [6.07, 6.45) is 0. The van der Waals surface area contributed by atoms with Gasteiger partial charge in [0.1, 0.15) is 17.4 Å². The van der Waals surface area contributed by atoms with E-state index in [2.05, 4.69) is 10.6 Å². The van der Waals surface area contributed by atoms with Crippen LogP contribution in [-0.4, -0.2) is 0 Å². The summed E-state index contributed by atoms with van der Waals surface area (Å²) in [4.78, 5) is 0. The van der Waals surface area contributed by atoms with Crippen LogP contribution in [0.1, 0.15) is 5.56 Å². The van der Waals surface area contributed by atoms with E-state index < -0.39 is 0 Å². The number of benzene rings is 2. The average Bonchev–Trinajstić information content (AvgIpc) is 2.43. The highest BCUT2D eigenvalue weighted by molar-refractivity contribution is 6.14. The molecule has 4 nitrogen and oxygen atoms in total. The van der Waals surface area contributed by atoms with E-state index >= 15 is 0 Å². The highest BCUT2D eigenvalue weighted by Gasteiger charge is 2.14. The van der Waals surface area contributed by atoms with Crippen LogP contribution < -0.4 is 11.1 Å². The molecule has 92 valence electrons. The monoisotopic (exact) mass is 269 g/mol. The Hall–Kier alpha value is -2.51. The van der Waals surface area contributed by atoms with Crippen LogP contribution in [0.25, 0.3) is 22.3 Å². The van der Waals surface area contributed by atoms with Crippen molar-refractivity contribution in [2.24, 2.45) is 4.51 Å². The predicted molar refractivity (Wildman–Crippen MR) is 73.4 cm³/mol. The van der Waals surface area contributed by atoms with Gasteiger partial charge in [0.2, 0.25) is 0 Å². The summed E-state index contributed by atoms with van der Waals surface area (Å²) >= 11 is 5.44. The number of nitrogens with zero attached hydrogens (tertiary/aromatic N) is 2. The molecule has 3 rings (SSSR count). The van der Waals surface area contributed by atoms with Crippen molar-refractivity contribution in [1.82, 2.24) is 0 Å². The number of nitrogen functional groups attached to an aromatic ring is 1. The van der Waals surface area contributed by atoms with Crippen molar-refractivity contribution in [3.05, 3.63) is 47.3 Å². The van der Waals surface area contributed by atoms with Gasteiger partial charge in [0.05, 0.1) is 10.9 Å². The van der Waals surface area contributed by atoms with E-state index in [4.69, 9.17) is 21.9 Å². The van der Waals surface area contributed by atoms with Gasteiger partial charge in [0, 0.05) is 40.5 Å². The van der Waals surface area contributed by atoms with Crippen LogP contribution in [0.4, 0.5) is 5.69 Å². The summed E-state index contributed by atoms with van der Waals surface area (Å²) in [5, 5.41) is 10.7. The van der Waals surface area contributed by atoms with Gasteiger partial charge in [-0.2, -0.15) is 9.77 Å². The molecule has 19 heavy (non-hydrogen) atoms. The van der Waals surface area contributed by atoms with Crippen molar-refractivity contribution in [2.75, 3.05) is 5.73 Å². The summed E-state index contributed by atoms with van der Waals surface area (Å²) in [6, 6.07) is 12.6. The first-order chi connectivity index (χ1) is 9.22. The Balaban J connectivity index is 2.53. The lowest BCUT2D eigenvalue weighted by Gasteiger charge is -2.10. The molecular formula is C14H8ClN3O. The second kappa shape index (κ2) is 4.30. The van der Waals surface area contributed by atoms with Gasteiger partial charge in [-0.1, -0.05) is 0 Å². The van der Waals surface area contributed by atoms with Gasteiger partial charge in [0.15, 0.2) is 0 Å². The highest BCUT2D eigenvalue weighted by atomic mass is 35.5. The summed E-state index contributed by atoms with van der Waals surface area (Å²) in [5.41, 5.74) is 8.16. The molecule has 1 aliphatic carbocycles. The van der Waals surface area contributed by atoms with E-state index in [1.54, 1.807) is 36.4 Å². The lowest BCUT2D eigenvalue weighted by atomic mass is 10.0. The van der Waals surface area contributed by atoms with Crippen molar-refractivity contribution in [2.45, 2.75) is 0 Å². The first kappa shape index (κ1) is 11.6. The van der Waals surface area contributed by atoms with E-state index in [1.165, 1.54) is 0 Å². The van der Waals surface area contributed by atoms with Gasteiger partial charge in [0.25, 0.3) is 0 Å². The Kier molecular flexibility index (Phi) is 2.62. The van der Waals surface area contributed by atoms with Gasteiger partial charge >= 0.3 is 0 Å². The van der Waals surface area contributed by atoms with E-state index in [0.717, 1.165) is 10.9 Å². The van der Waals surface area contributed by atoms with E-state index in [9.17, 15) is 5.26 Å². The highest BCUT2D eigenvalue weighted by Crippen LogP contribution is 2.32. The van der Waals surface area contributed by atoms with E-state index in [1.807, 2.05) is 0 Å². The molecule has 0 spiro atoms. The lowest BCUT2D eigenvalue weighted by molar-refractivity contribution is 0.618. The summed E-state index contributed by atoms with van der Waals surface area (Å²) < 4.78 is 9.34. The Labute approximate surface area is 113 Å². The molecule has 1 aromatic rings. The number of nitrogens with two attached hydrogens (primary N) is 1. The molecule has 0 fully saturated rings. The maximum absolute atomic E-state index is 9.36. The number of halogens is 1. The van der Waals surface area contributed by atoms with Crippen molar-refractivity contribution >= 4 is 28.4 Å². The molecule has 1 aliphatic heterocycles. The van der Waals surface area contributed by atoms with Gasteiger partial charge in [-0.15, -0.1) is 0 Å². The Morgan fingerprint density at radius 3 is 2.79 bits per heavy atom. The predicted octanol–water partition coefficient (Wildman–Crippen LogP) is 3.05. The van der Waals surface area contributed by atoms with Crippen LogP contribution in [0.2, 0.25) is 0 Å². The fourth-order valence-corrected chi connectivity index (χ4v) is 2.17. The zero-order valence-corrected chi connectivity index (χ0v) is 10.5. The number of anilines is 1. The van der Waals surface area contributed by atoms with Crippen LogP contribution >= 0.6 is 11.8 Å². The molecule has 0 bridgehead atoms. The second-order valence-electron chi connectivity index (χ2n) is 4.11. The molecule has 2 N–H and O–H groups in total. The molecule has 1 heterocycles. The second-order valence-corrected chi connectivity index (χ2v) is 4.28. The zero-order valence-electron chi connectivity index (χ0n) is 9.72. The van der Waals surface area contributed by atoms with Crippen molar-refractivity contribution in [3.8, 4) is 17.4 Å². The Morgan fingerprint density at radius 1 is 1.21 bits per heavy atom. The molecule has 0 radical (unpaired) electrons. The van der Waals surface area contributed by atoms with Crippen LogP contribution in [-0.2, 0) is 0 Å². The van der Waals surface area contributed by atoms with Crippen LogP contribution in [0, 0.1) is 11.3 Å². The van der Waals surface area contributed by atoms with Gasteiger partial charge in [-0.05, 0) is 24.3 Å². The average molecular weight is 270 g/mol. The smallest absolute Gasteiger partial charge is 0.138 e. The molecular weight excluding hydrogens is 262 g/mol. The minimum Gasteiger partial charge on any atom is -0.456 e. The quantitative estimate of drug-likeness (QED) is 0.503. The third-order valence-corrected chi connectivity index (χ3v) is 3.13.